The van der Waals surface area contributed by atoms with E-state index in [1.54, 1.807) is 7.05 Å². The third kappa shape index (κ3) is 5.09. The molecule has 9 nitrogen and oxygen atoms in total. The van der Waals surface area contributed by atoms with E-state index in [2.05, 4.69) is 15.9 Å². The van der Waals surface area contributed by atoms with Crippen LogP contribution in [0.2, 0.25) is 0 Å². The van der Waals surface area contributed by atoms with Crippen LogP contribution in [0.15, 0.2) is 21.2 Å². The number of piperidine rings is 2. The third-order valence-electron chi connectivity index (χ3n) is 6.94. The van der Waals surface area contributed by atoms with Crippen molar-refractivity contribution in [2.45, 2.75) is 71.5 Å². The van der Waals surface area contributed by atoms with Gasteiger partial charge in [0.1, 0.15) is 0 Å². The predicted molar refractivity (Wildman–Crippen MR) is 133 cm³/mol. The average Bonchev–Trinajstić information content (AvgIpc) is 3.19. The van der Waals surface area contributed by atoms with E-state index in [9.17, 15) is 9.59 Å². The maximum absolute atomic E-state index is 13.6. The summed E-state index contributed by atoms with van der Waals surface area (Å²) < 4.78 is 4.91. The minimum absolute atomic E-state index is 0.0886. The van der Waals surface area contributed by atoms with Gasteiger partial charge in [0.15, 0.2) is 11.2 Å². The first kappa shape index (κ1) is 23.8. The van der Waals surface area contributed by atoms with E-state index in [-0.39, 0.29) is 17.3 Å². The topological polar surface area (TPSA) is 94.3 Å². The van der Waals surface area contributed by atoms with Crippen molar-refractivity contribution in [2.75, 3.05) is 37.6 Å². The molecule has 0 aliphatic carbocycles. The van der Waals surface area contributed by atoms with Crippen LogP contribution in [0.3, 0.4) is 0 Å². The smallest absolute Gasteiger partial charge is 0.332 e. The number of nitrogens with two attached hydrogens (primary N) is 1. The number of hydrogen-bond donors (Lipinski definition) is 1. The fraction of sp³-hybridized carbons (Fsp3) is 0.708. The summed E-state index contributed by atoms with van der Waals surface area (Å²) in [7, 11) is 1.72. The summed E-state index contributed by atoms with van der Waals surface area (Å²) in [6.07, 6.45) is 8.64. The zero-order chi connectivity index (χ0) is 23.5. The summed E-state index contributed by atoms with van der Waals surface area (Å²) in [5.74, 6) is 0.732. The second-order valence-electron chi connectivity index (χ2n) is 9.88. The molecule has 0 aromatic carbocycles. The van der Waals surface area contributed by atoms with Crippen LogP contribution in [0, 0.1) is 0 Å². The molecule has 1 unspecified atom stereocenters. The van der Waals surface area contributed by atoms with Crippen LogP contribution in [-0.2, 0) is 20.1 Å². The molecule has 0 radical (unpaired) electrons. The Balaban J connectivity index is 1.73. The van der Waals surface area contributed by atoms with Crippen LogP contribution in [0.4, 0.5) is 5.95 Å². The monoisotopic (exact) mass is 457 g/mol. The molecule has 2 aromatic rings. The molecule has 0 spiro atoms. The van der Waals surface area contributed by atoms with Crippen molar-refractivity contribution in [1.82, 2.24) is 23.6 Å². The number of nitrogens with zero attached hydrogens (tertiary/aromatic N) is 6. The van der Waals surface area contributed by atoms with Crippen molar-refractivity contribution in [3.8, 4) is 0 Å². The first-order valence-electron chi connectivity index (χ1n) is 12.4. The van der Waals surface area contributed by atoms with Crippen LogP contribution >= 0.6 is 0 Å². The van der Waals surface area contributed by atoms with Crippen molar-refractivity contribution < 1.29 is 0 Å². The molecule has 2 aromatic heterocycles. The summed E-state index contributed by atoms with van der Waals surface area (Å²) in [5, 5.41) is 0. The van der Waals surface area contributed by atoms with Gasteiger partial charge < -0.3 is 20.1 Å². The molecule has 0 amide bonds. The molecule has 0 saturated carbocycles. The van der Waals surface area contributed by atoms with Gasteiger partial charge in [-0.25, -0.2) is 4.79 Å². The molecule has 2 fully saturated rings. The second-order valence-corrected chi connectivity index (χ2v) is 9.88. The number of fused-ring (bicyclic) bond motifs is 1. The van der Waals surface area contributed by atoms with Crippen LogP contribution < -0.4 is 21.9 Å². The van der Waals surface area contributed by atoms with Crippen LogP contribution in [-0.4, -0.2) is 62.4 Å². The van der Waals surface area contributed by atoms with E-state index in [1.807, 2.05) is 18.4 Å². The highest BCUT2D eigenvalue weighted by Gasteiger charge is 2.26. The maximum atomic E-state index is 13.6. The molecule has 182 valence electrons. The summed E-state index contributed by atoms with van der Waals surface area (Å²) in [5.41, 5.74) is 7.83. The van der Waals surface area contributed by atoms with Gasteiger partial charge in [-0.2, -0.15) is 4.98 Å². The van der Waals surface area contributed by atoms with Gasteiger partial charge in [-0.1, -0.05) is 18.1 Å². The number of rotatable bonds is 7. The fourth-order valence-corrected chi connectivity index (χ4v) is 5.07. The lowest BCUT2D eigenvalue weighted by atomic mass is 10.1. The quantitative estimate of drug-likeness (QED) is 0.636. The first-order chi connectivity index (χ1) is 15.9. The zero-order valence-corrected chi connectivity index (χ0v) is 20.4. The third-order valence-corrected chi connectivity index (χ3v) is 6.94. The van der Waals surface area contributed by atoms with E-state index >= 15 is 0 Å². The van der Waals surface area contributed by atoms with Gasteiger partial charge in [0, 0.05) is 39.3 Å². The molecule has 33 heavy (non-hydrogen) atoms. The van der Waals surface area contributed by atoms with E-state index in [0.717, 1.165) is 51.4 Å². The SMILES string of the molecule is CC(C)=CCn1c(N2CCCC(N)C2)nc2c1c(=O)n(CCCN1CCCCC1)c(=O)n2C. The van der Waals surface area contributed by atoms with Crippen molar-refractivity contribution in [3.05, 3.63) is 32.5 Å². The average molecular weight is 458 g/mol. The Bertz CT molecular complexity index is 1120. The number of aryl methyl sites for hydroxylation is 1. The summed E-state index contributed by atoms with van der Waals surface area (Å²) >= 11 is 0. The van der Waals surface area contributed by atoms with E-state index in [1.165, 1.54) is 34.0 Å². The van der Waals surface area contributed by atoms with Crippen LogP contribution in [0.25, 0.3) is 11.2 Å². The molecule has 4 rings (SSSR count). The van der Waals surface area contributed by atoms with E-state index < -0.39 is 0 Å². The lowest BCUT2D eigenvalue weighted by Crippen LogP contribution is -2.44. The normalized spacial score (nSPS) is 19.9. The molecule has 0 bridgehead atoms. The van der Waals surface area contributed by atoms with Gasteiger partial charge in [-0.05, 0) is 65.6 Å². The van der Waals surface area contributed by atoms with E-state index in [0.29, 0.717) is 30.8 Å². The first-order valence-corrected chi connectivity index (χ1v) is 12.4. The molecule has 9 heteroatoms. The van der Waals surface area contributed by atoms with Gasteiger partial charge in [-0.15, -0.1) is 0 Å². The van der Waals surface area contributed by atoms with Crippen molar-refractivity contribution in [1.29, 1.82) is 0 Å². The summed E-state index contributed by atoms with van der Waals surface area (Å²) in [6.45, 7) is 9.76. The lowest BCUT2D eigenvalue weighted by Gasteiger charge is -2.31. The number of hydrogen-bond acceptors (Lipinski definition) is 6. The standard InChI is InChI=1S/C24H39N7O2/c1-18(2)10-16-30-20-21(26-23(30)29-14-7-9-19(25)17-29)27(3)24(33)31(22(20)32)15-8-13-28-11-5-4-6-12-28/h10,19H,4-9,11-17,25H2,1-3H3. The Morgan fingerprint density at radius 1 is 1.06 bits per heavy atom. The molecular weight excluding hydrogens is 418 g/mol. The number of likely N-dealkylation sites (tertiary alicyclic amines) is 1. The highest BCUT2D eigenvalue weighted by Crippen LogP contribution is 2.23. The Labute approximate surface area is 195 Å². The zero-order valence-electron chi connectivity index (χ0n) is 20.4. The molecular formula is C24H39N7O2. The number of imidazole rings is 1. The highest BCUT2D eigenvalue weighted by atomic mass is 16.2. The largest absolute Gasteiger partial charge is 0.341 e. The Kier molecular flexibility index (Phi) is 7.38. The number of aromatic nitrogens is 4. The van der Waals surface area contributed by atoms with Crippen molar-refractivity contribution >= 4 is 17.1 Å². The fourth-order valence-electron chi connectivity index (χ4n) is 5.07. The molecule has 2 aliphatic rings. The minimum Gasteiger partial charge on any atom is -0.341 e. The molecule has 4 heterocycles. The Morgan fingerprint density at radius 2 is 1.82 bits per heavy atom. The second kappa shape index (κ2) is 10.3. The lowest BCUT2D eigenvalue weighted by molar-refractivity contribution is 0.222. The Hall–Kier alpha value is -2.39. The van der Waals surface area contributed by atoms with Gasteiger partial charge >= 0.3 is 5.69 Å². The van der Waals surface area contributed by atoms with Gasteiger partial charge in [0.2, 0.25) is 5.95 Å². The maximum Gasteiger partial charge on any atom is 0.332 e. The van der Waals surface area contributed by atoms with Gasteiger partial charge in [-0.3, -0.25) is 13.9 Å². The van der Waals surface area contributed by atoms with Gasteiger partial charge in [0.05, 0.1) is 0 Å². The minimum atomic E-state index is -0.292. The Morgan fingerprint density at radius 3 is 2.52 bits per heavy atom. The van der Waals surface area contributed by atoms with Crippen LogP contribution in [0.5, 0.6) is 0 Å². The number of anilines is 1. The van der Waals surface area contributed by atoms with Crippen molar-refractivity contribution in [3.63, 3.8) is 0 Å². The highest BCUT2D eigenvalue weighted by molar-refractivity contribution is 5.74. The summed E-state index contributed by atoms with van der Waals surface area (Å²) in [4.78, 5) is 36.2. The summed E-state index contributed by atoms with van der Waals surface area (Å²) in [6, 6.07) is 0.0886. The molecule has 2 saturated heterocycles. The van der Waals surface area contributed by atoms with Crippen LogP contribution in [0.1, 0.15) is 52.4 Å². The predicted octanol–water partition coefficient (Wildman–Crippen LogP) is 1.67. The number of allylic oxidation sites excluding steroid dienone is 2. The van der Waals surface area contributed by atoms with E-state index in [4.69, 9.17) is 10.7 Å². The van der Waals surface area contributed by atoms with Crippen molar-refractivity contribution in [2.24, 2.45) is 12.8 Å². The molecule has 2 aliphatic heterocycles. The molecule has 2 N–H and O–H groups in total. The molecule has 1 atom stereocenters. The van der Waals surface area contributed by atoms with Gasteiger partial charge in [0.25, 0.3) is 5.56 Å².